The zero-order valence-corrected chi connectivity index (χ0v) is 18.8. The number of nitro groups is 1. The molecule has 1 aliphatic heterocycles. The minimum absolute atomic E-state index is 0.00579. The molecule has 32 heavy (non-hydrogen) atoms. The van der Waals surface area contributed by atoms with Crippen LogP contribution in [0, 0.1) is 10.1 Å². The van der Waals surface area contributed by atoms with Gasteiger partial charge in [-0.1, -0.05) is 23.5 Å². The smallest absolute Gasteiger partial charge is 0.269 e. The number of non-ortho nitro benzene ring substituents is 1. The molecule has 0 saturated carbocycles. The Balaban J connectivity index is 1.36. The summed E-state index contributed by atoms with van der Waals surface area (Å²) in [6.07, 6.45) is 0. The summed E-state index contributed by atoms with van der Waals surface area (Å²) < 4.78 is 28.0. The van der Waals surface area contributed by atoms with E-state index in [2.05, 4.69) is 10.3 Å². The van der Waals surface area contributed by atoms with E-state index in [0.717, 1.165) is 10.2 Å². The highest BCUT2D eigenvalue weighted by atomic mass is 32.2. The highest BCUT2D eigenvalue weighted by Gasteiger charge is 2.32. The van der Waals surface area contributed by atoms with E-state index in [1.807, 2.05) is 24.3 Å². The molecule has 1 N–H and O–H groups in total. The van der Waals surface area contributed by atoms with E-state index in [1.165, 1.54) is 39.9 Å². The van der Waals surface area contributed by atoms with Crippen molar-refractivity contribution in [2.24, 2.45) is 0 Å². The van der Waals surface area contributed by atoms with Gasteiger partial charge in [-0.2, -0.15) is 4.31 Å². The molecule has 0 spiro atoms. The van der Waals surface area contributed by atoms with Crippen molar-refractivity contribution in [3.8, 4) is 0 Å². The molecular weight excluding hydrogens is 454 g/mol. The molecule has 2 heterocycles. The number of piperazine rings is 1. The number of carbonyl (C=O) groups excluding carboxylic acids is 1. The van der Waals surface area contributed by atoms with Gasteiger partial charge in [-0.25, -0.2) is 13.4 Å². The number of nitro benzene ring substituents is 1. The first-order chi connectivity index (χ1) is 15.3. The zero-order chi connectivity index (χ0) is 22.9. The van der Waals surface area contributed by atoms with Crippen molar-refractivity contribution in [1.29, 1.82) is 0 Å². The first-order valence-electron chi connectivity index (χ1n) is 9.91. The Morgan fingerprint density at radius 1 is 1.12 bits per heavy atom. The van der Waals surface area contributed by atoms with Crippen molar-refractivity contribution >= 4 is 48.3 Å². The minimum Gasteiger partial charge on any atom is -0.350 e. The van der Waals surface area contributed by atoms with Crippen LogP contribution in [0.15, 0.2) is 53.4 Å². The van der Waals surface area contributed by atoms with Crippen molar-refractivity contribution in [2.45, 2.75) is 17.9 Å². The Morgan fingerprint density at radius 3 is 2.41 bits per heavy atom. The third-order valence-corrected chi connectivity index (χ3v) is 8.12. The molecule has 1 aliphatic rings. The average molecular weight is 476 g/mol. The molecule has 1 fully saturated rings. The van der Waals surface area contributed by atoms with E-state index < -0.39 is 21.0 Å². The lowest BCUT2D eigenvalue weighted by atomic mass is 10.2. The summed E-state index contributed by atoms with van der Waals surface area (Å²) >= 11 is 1.47. The lowest BCUT2D eigenvalue weighted by Crippen LogP contribution is -2.53. The Bertz CT molecular complexity index is 1220. The van der Waals surface area contributed by atoms with Crippen LogP contribution in [-0.4, -0.2) is 65.7 Å². The van der Waals surface area contributed by atoms with Gasteiger partial charge in [0.1, 0.15) is 6.04 Å². The molecule has 4 rings (SSSR count). The number of hydrogen-bond donors (Lipinski definition) is 1. The number of rotatable bonds is 6. The summed E-state index contributed by atoms with van der Waals surface area (Å²) in [5.41, 5.74) is 0.693. The number of aromatic nitrogens is 1. The lowest BCUT2D eigenvalue weighted by molar-refractivity contribution is -0.384. The van der Waals surface area contributed by atoms with Gasteiger partial charge in [0.25, 0.3) is 5.69 Å². The van der Waals surface area contributed by atoms with Gasteiger partial charge < -0.3 is 10.2 Å². The number of nitrogens with one attached hydrogen (secondary N) is 1. The molecule has 12 heteroatoms. The lowest BCUT2D eigenvalue weighted by Gasteiger charge is -2.35. The molecule has 2 aromatic carbocycles. The van der Waals surface area contributed by atoms with E-state index in [4.69, 9.17) is 0 Å². The fourth-order valence-electron chi connectivity index (χ4n) is 3.49. The molecule has 10 nitrogen and oxygen atoms in total. The van der Waals surface area contributed by atoms with E-state index in [9.17, 15) is 23.3 Å². The summed E-state index contributed by atoms with van der Waals surface area (Å²) in [6.45, 7) is 2.58. The summed E-state index contributed by atoms with van der Waals surface area (Å²) in [5, 5.41) is 14.6. The largest absolute Gasteiger partial charge is 0.350 e. The summed E-state index contributed by atoms with van der Waals surface area (Å²) in [5.74, 6) is -0.128. The van der Waals surface area contributed by atoms with Gasteiger partial charge in [0.05, 0.1) is 20.0 Å². The van der Waals surface area contributed by atoms with Gasteiger partial charge in [0, 0.05) is 38.3 Å². The highest BCUT2D eigenvalue weighted by Crippen LogP contribution is 2.26. The number of carbonyl (C=O) groups is 1. The van der Waals surface area contributed by atoms with Crippen molar-refractivity contribution in [2.75, 3.05) is 31.5 Å². The van der Waals surface area contributed by atoms with Gasteiger partial charge in [-0.05, 0) is 31.2 Å². The van der Waals surface area contributed by atoms with Gasteiger partial charge in [-0.15, -0.1) is 0 Å². The van der Waals surface area contributed by atoms with Crippen molar-refractivity contribution in [3.63, 3.8) is 0 Å². The molecule has 1 amide bonds. The molecule has 3 aromatic rings. The van der Waals surface area contributed by atoms with Crippen LogP contribution in [0.4, 0.5) is 10.8 Å². The second kappa shape index (κ2) is 8.81. The maximum absolute atomic E-state index is 12.9. The van der Waals surface area contributed by atoms with Crippen molar-refractivity contribution in [1.82, 2.24) is 14.2 Å². The minimum atomic E-state index is -3.79. The summed E-state index contributed by atoms with van der Waals surface area (Å²) in [4.78, 5) is 29.2. The number of fused-ring (bicyclic) bond motifs is 1. The number of sulfonamides is 1. The topological polar surface area (TPSA) is 126 Å². The average Bonchev–Trinajstić information content (AvgIpc) is 3.21. The molecule has 168 valence electrons. The fraction of sp³-hybridized carbons (Fsp3) is 0.300. The van der Waals surface area contributed by atoms with E-state index in [-0.39, 0.29) is 42.7 Å². The molecule has 0 aliphatic carbocycles. The third kappa shape index (κ3) is 4.42. The number of nitrogens with zero attached hydrogens (tertiary/aromatic N) is 4. The monoisotopic (exact) mass is 475 g/mol. The van der Waals surface area contributed by atoms with Crippen LogP contribution < -0.4 is 5.32 Å². The summed E-state index contributed by atoms with van der Waals surface area (Å²) in [6, 6.07) is 12.0. The standard InChI is InChI=1S/C20H21N5O5S2/c1-14(21-20-22-17-4-2-3-5-18(17)31-20)19(26)23-10-12-24(13-11-23)32(29,30)16-8-6-15(7-9-16)25(27)28/h2-9,14H,10-13H2,1H3,(H,21,22). The molecule has 1 aromatic heterocycles. The molecule has 0 radical (unpaired) electrons. The van der Waals surface area contributed by atoms with Crippen LogP contribution in [-0.2, 0) is 14.8 Å². The second-order valence-corrected chi connectivity index (χ2v) is 10.3. The van der Waals surface area contributed by atoms with Crippen LogP contribution >= 0.6 is 11.3 Å². The van der Waals surface area contributed by atoms with Crippen molar-refractivity contribution < 1.29 is 18.1 Å². The molecule has 0 bridgehead atoms. The van der Waals surface area contributed by atoms with Gasteiger partial charge in [0.2, 0.25) is 15.9 Å². The Labute approximate surface area is 188 Å². The second-order valence-electron chi connectivity index (χ2n) is 7.33. The summed E-state index contributed by atoms with van der Waals surface area (Å²) in [7, 11) is -3.79. The first kappa shape index (κ1) is 22.1. The fourth-order valence-corrected chi connectivity index (χ4v) is 5.87. The molecular formula is C20H21N5O5S2. The van der Waals surface area contributed by atoms with Gasteiger partial charge in [0.15, 0.2) is 5.13 Å². The molecule has 1 saturated heterocycles. The third-order valence-electron chi connectivity index (χ3n) is 5.24. The zero-order valence-electron chi connectivity index (χ0n) is 17.2. The predicted molar refractivity (Wildman–Crippen MR) is 121 cm³/mol. The van der Waals surface area contributed by atoms with Crippen LogP contribution in [0.25, 0.3) is 10.2 Å². The van der Waals surface area contributed by atoms with E-state index >= 15 is 0 Å². The number of benzene rings is 2. The Hall–Kier alpha value is -3.09. The van der Waals surface area contributed by atoms with Crippen LogP contribution in [0.2, 0.25) is 0 Å². The Kier molecular flexibility index (Phi) is 6.09. The van der Waals surface area contributed by atoms with Crippen LogP contribution in [0.5, 0.6) is 0 Å². The maximum atomic E-state index is 12.9. The quantitative estimate of drug-likeness (QED) is 0.429. The van der Waals surface area contributed by atoms with Crippen molar-refractivity contribution in [3.05, 3.63) is 58.6 Å². The molecule has 1 atom stereocenters. The van der Waals surface area contributed by atoms with Crippen LogP contribution in [0.1, 0.15) is 6.92 Å². The number of thiazole rings is 1. The first-order valence-corrected chi connectivity index (χ1v) is 12.2. The SMILES string of the molecule is CC(Nc1nc2ccccc2s1)C(=O)N1CCN(S(=O)(=O)c2ccc([N+](=O)[O-])cc2)CC1. The van der Waals surface area contributed by atoms with E-state index in [1.54, 1.807) is 11.8 Å². The van der Waals surface area contributed by atoms with Crippen LogP contribution in [0.3, 0.4) is 0 Å². The predicted octanol–water partition coefficient (Wildman–Crippen LogP) is 2.54. The number of para-hydroxylation sites is 1. The number of hydrogen-bond acceptors (Lipinski definition) is 8. The van der Waals surface area contributed by atoms with Gasteiger partial charge >= 0.3 is 0 Å². The maximum Gasteiger partial charge on any atom is 0.269 e. The normalized spacial score (nSPS) is 16.1. The van der Waals surface area contributed by atoms with E-state index in [0.29, 0.717) is 5.13 Å². The highest BCUT2D eigenvalue weighted by molar-refractivity contribution is 7.89. The van der Waals surface area contributed by atoms with Gasteiger partial charge in [-0.3, -0.25) is 14.9 Å². The Morgan fingerprint density at radius 2 is 1.78 bits per heavy atom. The number of anilines is 1. The number of amides is 1. The molecule has 1 unspecified atom stereocenters.